The van der Waals surface area contributed by atoms with E-state index in [1.54, 1.807) is 0 Å². The molecular formula is C16H15BrClN. The smallest absolute Gasteiger partial charge is 0.0407 e. The molecule has 0 unspecified atom stereocenters. The number of hydrogen-bond acceptors (Lipinski definition) is 1. The van der Waals surface area contributed by atoms with Crippen molar-refractivity contribution in [3.05, 3.63) is 63.6 Å². The molecule has 2 aromatic carbocycles. The van der Waals surface area contributed by atoms with Crippen LogP contribution >= 0.6 is 27.5 Å². The van der Waals surface area contributed by atoms with Crippen LogP contribution in [0.2, 0.25) is 5.02 Å². The summed E-state index contributed by atoms with van der Waals surface area (Å²) in [4.78, 5) is 0. The summed E-state index contributed by atoms with van der Waals surface area (Å²) in [7, 11) is 0. The van der Waals surface area contributed by atoms with Crippen molar-refractivity contribution in [3.63, 3.8) is 0 Å². The Hall–Kier alpha value is -0.990. The number of rotatable bonds is 3. The standard InChI is InChI=1S/C16H15BrClN/c17-13-3-1-2-11(8-13)12-9-16(10-12)19-15-6-4-14(18)5-7-15/h1-8,12,16,19H,9-10H2. The van der Waals surface area contributed by atoms with Gasteiger partial charge in [0.05, 0.1) is 0 Å². The highest BCUT2D eigenvalue weighted by Gasteiger charge is 2.30. The largest absolute Gasteiger partial charge is 0.382 e. The summed E-state index contributed by atoms with van der Waals surface area (Å²) in [5, 5.41) is 4.33. The lowest BCUT2D eigenvalue weighted by Gasteiger charge is -2.37. The molecule has 1 nitrogen and oxygen atoms in total. The van der Waals surface area contributed by atoms with Crippen LogP contribution in [0.1, 0.15) is 24.3 Å². The number of anilines is 1. The summed E-state index contributed by atoms with van der Waals surface area (Å²) < 4.78 is 1.17. The number of halogens is 2. The van der Waals surface area contributed by atoms with Crippen LogP contribution < -0.4 is 5.32 Å². The van der Waals surface area contributed by atoms with E-state index < -0.39 is 0 Å². The van der Waals surface area contributed by atoms with Crippen LogP contribution in [0.15, 0.2) is 53.0 Å². The van der Waals surface area contributed by atoms with Gasteiger partial charge in [0.2, 0.25) is 0 Å². The van der Waals surface area contributed by atoms with Crippen molar-refractivity contribution in [1.29, 1.82) is 0 Å². The highest BCUT2D eigenvalue weighted by atomic mass is 79.9. The van der Waals surface area contributed by atoms with Crippen LogP contribution in [0.3, 0.4) is 0 Å². The monoisotopic (exact) mass is 335 g/mol. The van der Waals surface area contributed by atoms with Gasteiger partial charge in [-0.15, -0.1) is 0 Å². The molecular weight excluding hydrogens is 322 g/mol. The van der Waals surface area contributed by atoms with Crippen LogP contribution in [0.4, 0.5) is 5.69 Å². The predicted molar refractivity (Wildman–Crippen MR) is 85.0 cm³/mol. The lowest BCUT2D eigenvalue weighted by molar-refractivity contribution is 0.374. The molecule has 98 valence electrons. The first-order chi connectivity index (χ1) is 9.20. The maximum Gasteiger partial charge on any atom is 0.0407 e. The third-order valence-corrected chi connectivity index (χ3v) is 4.42. The lowest BCUT2D eigenvalue weighted by atomic mass is 9.76. The van der Waals surface area contributed by atoms with Gasteiger partial charge >= 0.3 is 0 Å². The van der Waals surface area contributed by atoms with Gasteiger partial charge in [0, 0.05) is 21.2 Å². The van der Waals surface area contributed by atoms with Gasteiger partial charge in [-0.1, -0.05) is 39.7 Å². The summed E-state index contributed by atoms with van der Waals surface area (Å²) in [5.74, 6) is 0.683. The molecule has 3 heteroatoms. The summed E-state index contributed by atoms with van der Waals surface area (Å²) in [6.07, 6.45) is 2.39. The van der Waals surface area contributed by atoms with Crippen LogP contribution in [-0.2, 0) is 0 Å². The molecule has 0 radical (unpaired) electrons. The average Bonchev–Trinajstić information content (AvgIpc) is 2.35. The second-order valence-electron chi connectivity index (χ2n) is 5.07. The van der Waals surface area contributed by atoms with Crippen LogP contribution in [0.25, 0.3) is 0 Å². The van der Waals surface area contributed by atoms with E-state index in [0.29, 0.717) is 12.0 Å². The molecule has 0 aromatic heterocycles. The Kier molecular flexibility index (Phi) is 3.81. The molecule has 0 amide bonds. The maximum atomic E-state index is 5.88. The highest BCUT2D eigenvalue weighted by Crippen LogP contribution is 2.39. The molecule has 0 spiro atoms. The molecule has 0 aliphatic heterocycles. The van der Waals surface area contributed by atoms with E-state index in [4.69, 9.17) is 11.6 Å². The number of hydrogen-bond donors (Lipinski definition) is 1. The van der Waals surface area contributed by atoms with E-state index in [9.17, 15) is 0 Å². The quantitative estimate of drug-likeness (QED) is 0.784. The second-order valence-corrected chi connectivity index (χ2v) is 6.42. The van der Waals surface area contributed by atoms with Gasteiger partial charge in [-0.2, -0.15) is 0 Å². The molecule has 1 aliphatic carbocycles. The molecule has 1 saturated carbocycles. The Morgan fingerprint density at radius 2 is 1.79 bits per heavy atom. The maximum absolute atomic E-state index is 5.88. The average molecular weight is 337 g/mol. The third-order valence-electron chi connectivity index (χ3n) is 3.67. The Balaban J connectivity index is 1.57. The molecule has 0 saturated heterocycles. The van der Waals surface area contributed by atoms with E-state index in [2.05, 4.69) is 45.5 Å². The van der Waals surface area contributed by atoms with Gasteiger partial charge < -0.3 is 5.32 Å². The number of benzene rings is 2. The molecule has 0 bridgehead atoms. The van der Waals surface area contributed by atoms with Gasteiger partial charge in [0.15, 0.2) is 0 Å². The minimum absolute atomic E-state index is 0.574. The second kappa shape index (κ2) is 5.56. The van der Waals surface area contributed by atoms with Crippen molar-refractivity contribution in [1.82, 2.24) is 0 Å². The van der Waals surface area contributed by atoms with Crippen molar-refractivity contribution in [2.45, 2.75) is 24.8 Å². The molecule has 0 atom stereocenters. The van der Waals surface area contributed by atoms with Crippen molar-refractivity contribution < 1.29 is 0 Å². The number of nitrogens with one attached hydrogen (secondary N) is 1. The molecule has 1 N–H and O–H groups in total. The zero-order valence-electron chi connectivity index (χ0n) is 10.4. The van der Waals surface area contributed by atoms with Crippen molar-refractivity contribution in [2.24, 2.45) is 0 Å². The highest BCUT2D eigenvalue weighted by molar-refractivity contribution is 9.10. The van der Waals surface area contributed by atoms with Crippen molar-refractivity contribution >= 4 is 33.2 Å². The normalized spacial score (nSPS) is 21.8. The molecule has 2 aromatic rings. The molecule has 0 heterocycles. The van der Waals surface area contributed by atoms with Crippen LogP contribution in [0.5, 0.6) is 0 Å². The fourth-order valence-corrected chi connectivity index (χ4v) is 3.09. The summed E-state index contributed by atoms with van der Waals surface area (Å²) in [6.45, 7) is 0. The fourth-order valence-electron chi connectivity index (χ4n) is 2.55. The minimum Gasteiger partial charge on any atom is -0.382 e. The van der Waals surface area contributed by atoms with Crippen LogP contribution in [0, 0.1) is 0 Å². The predicted octanol–water partition coefficient (Wildman–Crippen LogP) is 5.46. The van der Waals surface area contributed by atoms with E-state index in [0.717, 1.165) is 10.7 Å². The minimum atomic E-state index is 0.574. The summed E-state index contributed by atoms with van der Waals surface area (Å²) in [6, 6.07) is 17.1. The molecule has 19 heavy (non-hydrogen) atoms. The Morgan fingerprint density at radius 3 is 2.47 bits per heavy atom. The van der Waals surface area contributed by atoms with E-state index in [1.807, 2.05) is 24.3 Å². The fraction of sp³-hybridized carbons (Fsp3) is 0.250. The SMILES string of the molecule is Clc1ccc(NC2CC(c3cccc(Br)c3)C2)cc1. The van der Waals surface area contributed by atoms with Gasteiger partial charge in [-0.3, -0.25) is 0 Å². The molecule has 1 fully saturated rings. The Bertz CT molecular complexity index is 561. The first-order valence-electron chi connectivity index (χ1n) is 6.48. The topological polar surface area (TPSA) is 12.0 Å². The van der Waals surface area contributed by atoms with Crippen molar-refractivity contribution in [3.8, 4) is 0 Å². The third kappa shape index (κ3) is 3.13. The van der Waals surface area contributed by atoms with Crippen molar-refractivity contribution in [2.75, 3.05) is 5.32 Å². The Morgan fingerprint density at radius 1 is 1.05 bits per heavy atom. The van der Waals surface area contributed by atoms with Gasteiger partial charge in [0.25, 0.3) is 0 Å². The molecule has 1 aliphatic rings. The zero-order chi connectivity index (χ0) is 13.2. The van der Waals surface area contributed by atoms with E-state index in [1.165, 1.54) is 22.9 Å². The summed E-state index contributed by atoms with van der Waals surface area (Å²) in [5.41, 5.74) is 2.59. The molecule has 3 rings (SSSR count). The lowest BCUT2D eigenvalue weighted by Crippen LogP contribution is -2.33. The van der Waals surface area contributed by atoms with E-state index in [-0.39, 0.29) is 0 Å². The van der Waals surface area contributed by atoms with Gasteiger partial charge in [-0.05, 0) is 60.7 Å². The first-order valence-corrected chi connectivity index (χ1v) is 7.65. The summed E-state index contributed by atoms with van der Waals surface area (Å²) >= 11 is 9.41. The van der Waals surface area contributed by atoms with Gasteiger partial charge in [0.1, 0.15) is 0 Å². The zero-order valence-corrected chi connectivity index (χ0v) is 12.8. The first kappa shape index (κ1) is 13.0. The van der Waals surface area contributed by atoms with Crippen LogP contribution in [-0.4, -0.2) is 6.04 Å². The van der Waals surface area contributed by atoms with Gasteiger partial charge in [-0.25, -0.2) is 0 Å². The van der Waals surface area contributed by atoms with E-state index >= 15 is 0 Å². The Labute approximate surface area is 127 Å².